The number of anilines is 1. The van der Waals surface area contributed by atoms with Gasteiger partial charge in [-0.3, -0.25) is 4.31 Å². The van der Waals surface area contributed by atoms with Gasteiger partial charge in [0.15, 0.2) is 0 Å². The molecule has 1 heterocycles. The van der Waals surface area contributed by atoms with Crippen LogP contribution in [0.3, 0.4) is 0 Å². The molecule has 0 radical (unpaired) electrons. The minimum Gasteiger partial charge on any atom is -0.263 e. The molecule has 0 bridgehead atoms. The van der Waals surface area contributed by atoms with Gasteiger partial charge < -0.3 is 0 Å². The third-order valence-corrected chi connectivity index (χ3v) is 7.49. The summed E-state index contributed by atoms with van der Waals surface area (Å²) in [4.78, 5) is 0.219. The van der Waals surface area contributed by atoms with Crippen LogP contribution < -0.4 is 4.31 Å². The van der Waals surface area contributed by atoms with E-state index in [9.17, 15) is 8.42 Å². The molecule has 3 nitrogen and oxygen atoms in total. The molecule has 4 rings (SSSR count). The lowest BCUT2D eigenvalue weighted by Gasteiger charge is -2.40. The molecule has 0 unspecified atom stereocenters. The molecule has 0 fully saturated rings. The van der Waals surface area contributed by atoms with Crippen molar-refractivity contribution in [2.24, 2.45) is 0 Å². The van der Waals surface area contributed by atoms with Crippen LogP contribution in [0.25, 0.3) is 0 Å². The molecule has 3 aromatic rings. The summed E-state index contributed by atoms with van der Waals surface area (Å²) >= 11 is 6.07. The van der Waals surface area contributed by atoms with Crippen molar-refractivity contribution in [1.29, 1.82) is 0 Å². The van der Waals surface area contributed by atoms with E-state index in [-0.39, 0.29) is 16.9 Å². The van der Waals surface area contributed by atoms with Gasteiger partial charge in [-0.2, -0.15) is 0 Å². The Morgan fingerprint density at radius 1 is 0.964 bits per heavy atom. The smallest absolute Gasteiger partial charge is 0.263 e. The lowest BCUT2D eigenvalue weighted by molar-refractivity contribution is 0.543. The van der Waals surface area contributed by atoms with Crippen LogP contribution in [0.5, 0.6) is 0 Å². The van der Waals surface area contributed by atoms with Crippen molar-refractivity contribution in [2.75, 3.05) is 4.31 Å². The fourth-order valence-electron chi connectivity index (χ4n) is 4.06. The van der Waals surface area contributed by atoms with Crippen molar-refractivity contribution in [2.45, 2.75) is 37.1 Å². The molecular formula is C23H22ClNO2S. The van der Waals surface area contributed by atoms with Crippen LogP contribution in [-0.4, -0.2) is 14.5 Å². The number of fused-ring (bicyclic) bond motifs is 1. The second-order valence-corrected chi connectivity index (χ2v) is 9.62. The van der Waals surface area contributed by atoms with E-state index in [1.165, 1.54) is 11.6 Å². The molecule has 28 heavy (non-hydrogen) atoms. The number of halogens is 1. The fourth-order valence-corrected chi connectivity index (χ4v) is 6.06. The van der Waals surface area contributed by atoms with Gasteiger partial charge in [-0.05, 0) is 55.7 Å². The Kier molecular flexibility index (Phi) is 4.94. The minimum atomic E-state index is -3.72. The fraction of sp³-hybridized carbons (Fsp3) is 0.217. The normalized spacial score (nSPS) is 19.3. The lowest BCUT2D eigenvalue weighted by atomic mass is 9.82. The van der Waals surface area contributed by atoms with Crippen LogP contribution in [-0.2, 0) is 10.0 Å². The monoisotopic (exact) mass is 411 g/mol. The Hall–Kier alpha value is -2.30. The Labute approximate surface area is 171 Å². The number of aryl methyl sites for hydroxylation is 1. The van der Waals surface area contributed by atoms with Crippen LogP contribution in [0.1, 0.15) is 36.0 Å². The summed E-state index contributed by atoms with van der Waals surface area (Å²) in [6, 6.07) is 22.6. The zero-order valence-electron chi connectivity index (χ0n) is 15.8. The van der Waals surface area contributed by atoms with E-state index >= 15 is 0 Å². The van der Waals surface area contributed by atoms with E-state index in [0.29, 0.717) is 5.02 Å². The summed E-state index contributed by atoms with van der Waals surface area (Å²) in [6.07, 6.45) is 0.722. The van der Waals surface area contributed by atoms with Crippen LogP contribution in [0, 0.1) is 6.92 Å². The van der Waals surface area contributed by atoms with E-state index in [1.54, 1.807) is 22.5 Å². The average Bonchev–Trinajstić information content (AvgIpc) is 2.68. The molecule has 0 saturated carbocycles. The Balaban J connectivity index is 1.88. The second kappa shape index (κ2) is 7.26. The molecule has 1 aliphatic rings. The predicted molar refractivity (Wildman–Crippen MR) is 115 cm³/mol. The maximum Gasteiger partial charge on any atom is 0.264 e. The first-order valence-corrected chi connectivity index (χ1v) is 11.2. The van der Waals surface area contributed by atoms with Gasteiger partial charge in [-0.1, -0.05) is 65.7 Å². The zero-order valence-corrected chi connectivity index (χ0v) is 17.4. The highest BCUT2D eigenvalue weighted by molar-refractivity contribution is 7.92. The van der Waals surface area contributed by atoms with Gasteiger partial charge in [-0.15, -0.1) is 0 Å². The van der Waals surface area contributed by atoms with Gasteiger partial charge in [0.25, 0.3) is 10.0 Å². The molecular weight excluding hydrogens is 390 g/mol. The Morgan fingerprint density at radius 2 is 1.71 bits per heavy atom. The molecule has 144 valence electrons. The Morgan fingerprint density at radius 3 is 2.43 bits per heavy atom. The number of hydrogen-bond acceptors (Lipinski definition) is 2. The number of hydrogen-bond donors (Lipinski definition) is 0. The summed E-state index contributed by atoms with van der Waals surface area (Å²) in [7, 11) is -3.72. The number of rotatable bonds is 3. The second-order valence-electron chi connectivity index (χ2n) is 7.37. The van der Waals surface area contributed by atoms with Gasteiger partial charge >= 0.3 is 0 Å². The first-order valence-electron chi connectivity index (χ1n) is 9.33. The van der Waals surface area contributed by atoms with Gasteiger partial charge in [0.2, 0.25) is 0 Å². The maximum atomic E-state index is 13.5. The summed E-state index contributed by atoms with van der Waals surface area (Å²) in [5.41, 5.74) is 4.13. The molecule has 1 aliphatic heterocycles. The van der Waals surface area contributed by atoms with Crippen molar-refractivity contribution in [3.63, 3.8) is 0 Å². The van der Waals surface area contributed by atoms with E-state index < -0.39 is 10.0 Å². The summed E-state index contributed by atoms with van der Waals surface area (Å²) in [5, 5.41) is 0.414. The van der Waals surface area contributed by atoms with Gasteiger partial charge in [0, 0.05) is 17.0 Å². The number of nitrogens with zero attached hydrogens (tertiary/aromatic N) is 1. The summed E-state index contributed by atoms with van der Waals surface area (Å²) in [6.45, 7) is 4.01. The van der Waals surface area contributed by atoms with E-state index in [4.69, 9.17) is 11.6 Å². The zero-order chi connectivity index (χ0) is 19.9. The van der Waals surface area contributed by atoms with Crippen LogP contribution >= 0.6 is 11.6 Å². The molecule has 0 amide bonds. The van der Waals surface area contributed by atoms with E-state index in [1.807, 2.05) is 44.2 Å². The topological polar surface area (TPSA) is 37.4 Å². The highest BCUT2D eigenvalue weighted by Crippen LogP contribution is 2.44. The van der Waals surface area contributed by atoms with Crippen molar-refractivity contribution < 1.29 is 8.42 Å². The van der Waals surface area contributed by atoms with E-state index in [2.05, 4.69) is 18.2 Å². The van der Waals surface area contributed by atoms with Crippen LogP contribution in [0.4, 0.5) is 5.69 Å². The number of sulfonamides is 1. The minimum absolute atomic E-state index is 0.164. The van der Waals surface area contributed by atoms with Gasteiger partial charge in [0.1, 0.15) is 0 Å². The van der Waals surface area contributed by atoms with Crippen molar-refractivity contribution in [3.8, 4) is 0 Å². The molecule has 0 N–H and O–H groups in total. The van der Waals surface area contributed by atoms with Crippen LogP contribution in [0.15, 0.2) is 77.7 Å². The molecule has 3 aromatic carbocycles. The SMILES string of the molecule is Cc1ccc2c(c1)[C@@H](c1ccccc1)C[C@@H](C)N2S(=O)(=O)c1cccc(Cl)c1. The third kappa shape index (κ3) is 3.31. The molecule has 0 aromatic heterocycles. The van der Waals surface area contributed by atoms with E-state index in [0.717, 1.165) is 23.2 Å². The van der Waals surface area contributed by atoms with Gasteiger partial charge in [-0.25, -0.2) is 8.42 Å². The van der Waals surface area contributed by atoms with Crippen molar-refractivity contribution in [3.05, 3.63) is 94.5 Å². The molecule has 2 atom stereocenters. The molecule has 0 spiro atoms. The first-order chi connectivity index (χ1) is 13.4. The van der Waals surface area contributed by atoms with Gasteiger partial charge in [0.05, 0.1) is 10.6 Å². The average molecular weight is 412 g/mol. The third-order valence-electron chi connectivity index (χ3n) is 5.33. The first kappa shape index (κ1) is 19.0. The predicted octanol–water partition coefficient (Wildman–Crippen LogP) is 5.77. The lowest BCUT2D eigenvalue weighted by Crippen LogP contribution is -2.43. The molecule has 5 heteroatoms. The number of benzene rings is 3. The Bertz CT molecular complexity index is 1110. The standard InChI is InChI=1S/C23H22ClNO2S/c1-16-11-12-23-22(13-16)21(18-7-4-3-5-8-18)14-17(2)25(23)28(26,27)20-10-6-9-19(24)15-20/h3-13,15,17,21H,14H2,1-2H3/t17-,21-/m1/s1. The highest BCUT2D eigenvalue weighted by Gasteiger charge is 2.38. The maximum absolute atomic E-state index is 13.5. The summed E-state index contributed by atoms with van der Waals surface area (Å²) in [5.74, 6) is 0.164. The molecule has 0 saturated heterocycles. The quantitative estimate of drug-likeness (QED) is 0.548. The van der Waals surface area contributed by atoms with Crippen LogP contribution in [0.2, 0.25) is 5.02 Å². The van der Waals surface area contributed by atoms with Crippen molar-refractivity contribution >= 4 is 27.3 Å². The summed E-state index contributed by atoms with van der Waals surface area (Å²) < 4.78 is 28.6. The highest BCUT2D eigenvalue weighted by atomic mass is 35.5. The van der Waals surface area contributed by atoms with Crippen molar-refractivity contribution in [1.82, 2.24) is 0 Å². The molecule has 0 aliphatic carbocycles. The largest absolute Gasteiger partial charge is 0.264 e.